The van der Waals surface area contributed by atoms with Gasteiger partial charge in [0.05, 0.1) is 0 Å². The van der Waals surface area contributed by atoms with E-state index in [1.165, 1.54) is 96.3 Å². The second-order valence-corrected chi connectivity index (χ2v) is 17.8. The van der Waals surface area contributed by atoms with Gasteiger partial charge in [-0.1, -0.05) is 71.6 Å². The van der Waals surface area contributed by atoms with Gasteiger partial charge >= 0.3 is 0 Å². The normalized spacial score (nSPS) is 49.5. The molecule has 8 rings (SSSR count). The molecule has 6 saturated carbocycles. The second kappa shape index (κ2) is 11.7. The van der Waals surface area contributed by atoms with Crippen LogP contribution in [0.4, 0.5) is 0 Å². The Balaban J connectivity index is 0.946. The van der Waals surface area contributed by atoms with Crippen LogP contribution in [0.5, 0.6) is 0 Å². The third-order valence-electron chi connectivity index (χ3n) is 16.0. The zero-order chi connectivity index (χ0) is 27.6. The fourth-order valence-corrected chi connectivity index (χ4v) is 14.3. The number of rotatable bonds is 3. The van der Waals surface area contributed by atoms with Gasteiger partial charge in [-0.2, -0.15) is 0 Å². The number of fused-ring (bicyclic) bond motifs is 5. The first-order valence-electron chi connectivity index (χ1n) is 19.7. The maximum absolute atomic E-state index is 3.29. The van der Waals surface area contributed by atoms with Gasteiger partial charge in [0.2, 0.25) is 0 Å². The van der Waals surface area contributed by atoms with Crippen molar-refractivity contribution in [2.24, 2.45) is 40.9 Å². The van der Waals surface area contributed by atoms with Gasteiger partial charge in [0.1, 0.15) is 0 Å². The van der Waals surface area contributed by atoms with Crippen LogP contribution in [0.15, 0.2) is 0 Å². The van der Waals surface area contributed by atoms with Crippen LogP contribution in [0.25, 0.3) is 0 Å². The Hall–Kier alpha value is -0.0800. The summed E-state index contributed by atoms with van der Waals surface area (Å²) >= 11 is 0. The first kappa shape index (κ1) is 28.4. The van der Waals surface area contributed by atoms with E-state index in [1.54, 1.807) is 57.8 Å². The summed E-state index contributed by atoms with van der Waals surface area (Å²) in [5.74, 6) is 6.20. The van der Waals surface area contributed by atoms with E-state index in [2.05, 4.69) is 23.6 Å². The number of hydrogen-bond donors (Lipinski definition) is 0. The maximum Gasteiger partial charge on any atom is 0.0135 e. The minimum absolute atomic E-state index is 0.576. The van der Waals surface area contributed by atoms with Crippen LogP contribution in [0, 0.1) is 40.9 Å². The highest BCUT2D eigenvalue weighted by Gasteiger charge is 2.56. The highest BCUT2D eigenvalue weighted by atomic mass is 15.3. The Labute approximate surface area is 254 Å². The van der Waals surface area contributed by atoms with E-state index in [1.807, 2.05) is 0 Å². The quantitative estimate of drug-likeness (QED) is 0.338. The van der Waals surface area contributed by atoms with Crippen molar-refractivity contribution in [3.8, 4) is 0 Å². The van der Waals surface area contributed by atoms with Gasteiger partial charge in [0.25, 0.3) is 0 Å². The molecule has 0 spiro atoms. The smallest absolute Gasteiger partial charge is 0.0135 e. The summed E-state index contributed by atoms with van der Waals surface area (Å²) in [5, 5.41) is 0. The van der Waals surface area contributed by atoms with Gasteiger partial charge in [-0.15, -0.1) is 0 Å². The predicted octanol–water partition coefficient (Wildman–Crippen LogP) is 10.00. The lowest BCUT2D eigenvalue weighted by Crippen LogP contribution is -2.66. The monoisotopic (exact) mass is 563 g/mol. The van der Waals surface area contributed by atoms with Gasteiger partial charge in [-0.05, 0) is 137 Å². The van der Waals surface area contributed by atoms with Gasteiger partial charge in [0, 0.05) is 36.3 Å². The third-order valence-corrected chi connectivity index (χ3v) is 16.0. The molecule has 41 heavy (non-hydrogen) atoms. The van der Waals surface area contributed by atoms with Crippen LogP contribution < -0.4 is 0 Å². The first-order valence-corrected chi connectivity index (χ1v) is 19.7. The molecular formula is C39H66N2. The topological polar surface area (TPSA) is 6.48 Å². The van der Waals surface area contributed by atoms with Crippen LogP contribution in [-0.2, 0) is 0 Å². The van der Waals surface area contributed by atoms with Crippen LogP contribution in [-0.4, -0.2) is 46.1 Å². The molecule has 0 amide bonds. The molecule has 0 bridgehead atoms. The molecule has 0 aromatic carbocycles. The molecule has 0 N–H and O–H groups in total. The zero-order valence-corrected chi connectivity index (χ0v) is 27.3. The van der Waals surface area contributed by atoms with Gasteiger partial charge in [-0.3, -0.25) is 9.80 Å². The van der Waals surface area contributed by atoms with Crippen molar-refractivity contribution in [1.29, 1.82) is 0 Å². The Bertz CT molecular complexity index is 856. The summed E-state index contributed by atoms with van der Waals surface area (Å²) in [4.78, 5) is 6.53. The molecule has 0 aromatic rings. The van der Waals surface area contributed by atoms with Crippen molar-refractivity contribution < 1.29 is 0 Å². The molecule has 2 saturated heterocycles. The molecule has 232 valence electrons. The molecule has 8 fully saturated rings. The summed E-state index contributed by atoms with van der Waals surface area (Å²) in [6, 6.07) is 5.67. The minimum Gasteiger partial charge on any atom is -0.294 e. The highest BCUT2D eigenvalue weighted by Crippen LogP contribution is 2.58. The molecule has 6 aliphatic carbocycles. The molecule has 0 aromatic heterocycles. The van der Waals surface area contributed by atoms with Gasteiger partial charge < -0.3 is 0 Å². The van der Waals surface area contributed by atoms with Crippen LogP contribution in [0.1, 0.15) is 168 Å². The Kier molecular flexibility index (Phi) is 8.10. The SMILES string of the molecule is CC1(C)C2CCCCC2N(C2CCC(C3CCC4C(C3)C3CCCCC3N4C3CCCCC3)CC2)C2CCCCC21. The molecule has 9 atom stereocenters. The minimum atomic E-state index is 0.576. The summed E-state index contributed by atoms with van der Waals surface area (Å²) in [6.45, 7) is 5.41. The molecule has 9 unspecified atom stereocenters. The fourth-order valence-electron chi connectivity index (χ4n) is 14.3. The van der Waals surface area contributed by atoms with E-state index in [0.29, 0.717) is 5.41 Å². The molecule has 0 radical (unpaired) electrons. The van der Waals surface area contributed by atoms with E-state index in [0.717, 1.165) is 71.8 Å². The second-order valence-electron chi connectivity index (χ2n) is 17.8. The summed E-state index contributed by atoms with van der Waals surface area (Å²) in [5.41, 5.74) is 0.576. The predicted molar refractivity (Wildman–Crippen MR) is 172 cm³/mol. The zero-order valence-electron chi connectivity index (χ0n) is 27.3. The van der Waals surface area contributed by atoms with E-state index < -0.39 is 0 Å². The number of nitrogens with zero attached hydrogens (tertiary/aromatic N) is 2. The van der Waals surface area contributed by atoms with Gasteiger partial charge in [0.15, 0.2) is 0 Å². The van der Waals surface area contributed by atoms with Crippen molar-refractivity contribution in [2.75, 3.05) is 0 Å². The molecule has 2 aliphatic heterocycles. The molecule has 2 heterocycles. The number of likely N-dealkylation sites (tertiary alicyclic amines) is 2. The average molecular weight is 563 g/mol. The third kappa shape index (κ3) is 4.93. The van der Waals surface area contributed by atoms with Crippen LogP contribution in [0.3, 0.4) is 0 Å². The van der Waals surface area contributed by atoms with Crippen LogP contribution >= 0.6 is 0 Å². The lowest BCUT2D eigenvalue weighted by molar-refractivity contribution is -0.143. The van der Waals surface area contributed by atoms with Crippen molar-refractivity contribution in [3.63, 3.8) is 0 Å². The van der Waals surface area contributed by atoms with E-state index >= 15 is 0 Å². The summed E-state index contributed by atoms with van der Waals surface area (Å²) in [6.07, 6.45) is 36.9. The number of hydrogen-bond acceptors (Lipinski definition) is 2. The summed E-state index contributed by atoms with van der Waals surface area (Å²) < 4.78 is 0. The average Bonchev–Trinajstić information content (AvgIpc) is 3.36. The molecular weight excluding hydrogens is 496 g/mol. The number of piperidine rings is 1. The lowest BCUT2D eigenvalue weighted by atomic mass is 9.54. The molecule has 8 aliphatic rings. The molecule has 2 heteroatoms. The van der Waals surface area contributed by atoms with E-state index in [4.69, 9.17) is 0 Å². The Morgan fingerprint density at radius 2 is 0.878 bits per heavy atom. The summed E-state index contributed by atoms with van der Waals surface area (Å²) in [7, 11) is 0. The van der Waals surface area contributed by atoms with Crippen LogP contribution in [0.2, 0.25) is 0 Å². The van der Waals surface area contributed by atoms with Crippen molar-refractivity contribution in [3.05, 3.63) is 0 Å². The van der Waals surface area contributed by atoms with Crippen molar-refractivity contribution >= 4 is 0 Å². The maximum atomic E-state index is 3.29. The Morgan fingerprint density at radius 3 is 1.56 bits per heavy atom. The van der Waals surface area contributed by atoms with Crippen molar-refractivity contribution in [1.82, 2.24) is 9.80 Å². The van der Waals surface area contributed by atoms with Gasteiger partial charge in [-0.25, -0.2) is 0 Å². The highest BCUT2D eigenvalue weighted by molar-refractivity contribution is 5.09. The lowest BCUT2D eigenvalue weighted by Gasteiger charge is -2.64. The fraction of sp³-hybridized carbons (Fsp3) is 1.00. The molecule has 2 nitrogen and oxygen atoms in total. The standard InChI is InChI=1S/C39H66N2/c1-39(2)33-15-7-10-18-37(33)41(38-19-11-8-16-34(38)39)30-23-20-27(21-24-30)28-22-25-36-32(26-28)31-14-6-9-17-35(31)40(36)29-12-4-3-5-13-29/h27-38H,3-26H2,1-2H3. The van der Waals surface area contributed by atoms with Crippen molar-refractivity contribution in [2.45, 2.75) is 204 Å². The largest absolute Gasteiger partial charge is 0.294 e. The van der Waals surface area contributed by atoms with E-state index in [-0.39, 0.29) is 0 Å². The Morgan fingerprint density at radius 1 is 0.390 bits per heavy atom. The van der Waals surface area contributed by atoms with E-state index in [9.17, 15) is 0 Å². The first-order chi connectivity index (χ1) is 20.1.